The van der Waals surface area contributed by atoms with Gasteiger partial charge in [-0.3, -0.25) is 4.99 Å². The Balaban J connectivity index is 1.35. The van der Waals surface area contributed by atoms with Gasteiger partial charge in [0.25, 0.3) is 0 Å². The molecule has 5 heterocycles. The molecule has 4 aromatic rings. The topological polar surface area (TPSA) is 168 Å². The third-order valence-electron chi connectivity index (χ3n) is 7.82. The quantitative estimate of drug-likeness (QED) is 0.352. The van der Waals surface area contributed by atoms with Crippen LogP contribution in [0, 0.1) is 6.92 Å². The van der Waals surface area contributed by atoms with E-state index in [2.05, 4.69) is 25.4 Å². The third-order valence-corrected chi connectivity index (χ3v) is 10.9. The van der Waals surface area contributed by atoms with Crippen molar-refractivity contribution in [1.29, 1.82) is 0 Å². The van der Waals surface area contributed by atoms with Crippen LogP contribution in [-0.4, -0.2) is 50.5 Å². The van der Waals surface area contributed by atoms with Gasteiger partial charge in [0.15, 0.2) is 28.0 Å². The van der Waals surface area contributed by atoms with Gasteiger partial charge in [-0.25, -0.2) is 23.4 Å². The summed E-state index contributed by atoms with van der Waals surface area (Å²) in [7, 11) is -3.70. The van der Waals surface area contributed by atoms with E-state index in [-0.39, 0.29) is 25.0 Å². The Morgan fingerprint density at radius 1 is 1.17 bits per heavy atom. The normalized spacial score (nSPS) is 24.4. The molecule has 0 spiro atoms. The highest BCUT2D eigenvalue weighted by atomic mass is 32.2. The van der Waals surface area contributed by atoms with Crippen LogP contribution >= 0.6 is 0 Å². The largest absolute Gasteiger partial charge is 0.490 e. The first-order chi connectivity index (χ1) is 19.4. The Kier molecular flexibility index (Phi) is 6.18. The fourth-order valence-electron chi connectivity index (χ4n) is 5.38. The first kappa shape index (κ1) is 26.9. The predicted molar refractivity (Wildman–Crippen MR) is 153 cm³/mol. The minimum Gasteiger partial charge on any atom is -0.490 e. The fourth-order valence-corrected chi connectivity index (χ4v) is 7.74. The van der Waals surface area contributed by atoms with Gasteiger partial charge in [0, 0.05) is 29.9 Å². The SMILES string of the molecule is Cc1cc(COc2cnc3c(Nc4ccc5c(c4)[C@@]4(C)N=C(N)C(C)(C)S(=O)(=O)[C@@H]4C[C@H](C)O5)nccc3n2)on1. The molecule has 0 unspecified atom stereocenters. The zero-order valence-corrected chi connectivity index (χ0v) is 24.2. The van der Waals surface area contributed by atoms with Gasteiger partial charge in [0.05, 0.1) is 28.8 Å². The summed E-state index contributed by atoms with van der Waals surface area (Å²) in [6, 6.07) is 9.03. The number of nitrogens with zero attached hydrogens (tertiary/aromatic N) is 5. The number of sulfone groups is 1. The van der Waals surface area contributed by atoms with Crippen molar-refractivity contribution < 1.29 is 22.4 Å². The molecule has 0 amide bonds. The Bertz CT molecular complexity index is 1800. The average Bonchev–Trinajstić information content (AvgIpc) is 3.30. The lowest BCUT2D eigenvalue weighted by molar-refractivity contribution is 0.213. The molecule has 2 aliphatic heterocycles. The van der Waals surface area contributed by atoms with Crippen molar-refractivity contribution in [3.63, 3.8) is 0 Å². The van der Waals surface area contributed by atoms with Gasteiger partial charge in [-0.1, -0.05) is 5.16 Å². The predicted octanol–water partition coefficient (Wildman–Crippen LogP) is 3.96. The summed E-state index contributed by atoms with van der Waals surface area (Å²) in [5.74, 6) is 2.03. The zero-order valence-electron chi connectivity index (χ0n) is 23.4. The Morgan fingerprint density at radius 2 is 1.98 bits per heavy atom. The highest BCUT2D eigenvalue weighted by Gasteiger charge is 2.58. The maximum Gasteiger partial charge on any atom is 0.233 e. The Labute approximate surface area is 237 Å². The van der Waals surface area contributed by atoms with Gasteiger partial charge in [-0.05, 0) is 58.9 Å². The highest BCUT2D eigenvalue weighted by molar-refractivity contribution is 7.94. The van der Waals surface area contributed by atoms with Gasteiger partial charge >= 0.3 is 0 Å². The van der Waals surface area contributed by atoms with Crippen LogP contribution in [-0.2, 0) is 22.0 Å². The van der Waals surface area contributed by atoms with Gasteiger partial charge in [-0.2, -0.15) is 0 Å². The van der Waals surface area contributed by atoms with Crippen LogP contribution in [0.15, 0.2) is 52.2 Å². The van der Waals surface area contributed by atoms with Crippen molar-refractivity contribution in [2.75, 3.05) is 5.32 Å². The number of anilines is 2. The Morgan fingerprint density at radius 3 is 2.73 bits per heavy atom. The molecule has 0 saturated heterocycles. The maximum absolute atomic E-state index is 13.8. The summed E-state index contributed by atoms with van der Waals surface area (Å²) in [5.41, 5.74) is 8.30. The zero-order chi connectivity index (χ0) is 29.2. The number of hydrogen-bond acceptors (Lipinski definition) is 12. The molecule has 3 N–H and O–H groups in total. The molecule has 0 aliphatic carbocycles. The second-order valence-electron chi connectivity index (χ2n) is 11.1. The van der Waals surface area contributed by atoms with Crippen LogP contribution in [0.2, 0.25) is 0 Å². The highest BCUT2D eigenvalue weighted by Crippen LogP contribution is 2.49. The second-order valence-corrected chi connectivity index (χ2v) is 13.8. The lowest BCUT2D eigenvalue weighted by Gasteiger charge is -2.43. The molecule has 3 atom stereocenters. The molecule has 2 aliphatic rings. The summed E-state index contributed by atoms with van der Waals surface area (Å²) >= 11 is 0. The van der Waals surface area contributed by atoms with E-state index >= 15 is 0 Å². The molecule has 0 fully saturated rings. The number of fused-ring (bicyclic) bond motifs is 4. The number of hydrogen-bond donors (Lipinski definition) is 2. The van der Waals surface area contributed by atoms with Crippen LogP contribution in [0.4, 0.5) is 11.5 Å². The van der Waals surface area contributed by atoms with E-state index in [0.29, 0.717) is 45.5 Å². The molecule has 13 heteroatoms. The summed E-state index contributed by atoms with van der Waals surface area (Å²) in [6.45, 7) is 8.90. The fraction of sp³-hybridized carbons (Fsp3) is 0.393. The number of amidine groups is 1. The molecule has 12 nitrogen and oxygen atoms in total. The minimum atomic E-state index is -3.70. The number of nitrogens with one attached hydrogen (secondary N) is 1. The minimum absolute atomic E-state index is 0.0811. The van der Waals surface area contributed by atoms with Crippen LogP contribution in [0.5, 0.6) is 11.6 Å². The number of aromatic nitrogens is 4. The van der Waals surface area contributed by atoms with Crippen LogP contribution in [0.3, 0.4) is 0 Å². The number of rotatable bonds is 5. The van der Waals surface area contributed by atoms with Crippen molar-refractivity contribution >= 4 is 38.2 Å². The number of ether oxygens (including phenoxy) is 2. The van der Waals surface area contributed by atoms with Gasteiger partial charge in [-0.15, -0.1) is 0 Å². The second kappa shape index (κ2) is 9.40. The van der Waals surface area contributed by atoms with E-state index < -0.39 is 25.4 Å². The first-order valence-corrected chi connectivity index (χ1v) is 14.8. The average molecular weight is 578 g/mol. The number of nitrogens with two attached hydrogens (primary N) is 1. The van der Waals surface area contributed by atoms with Crippen molar-refractivity contribution in [2.45, 2.75) is 69.3 Å². The molecule has 0 saturated carbocycles. The van der Waals surface area contributed by atoms with E-state index in [4.69, 9.17) is 24.7 Å². The van der Waals surface area contributed by atoms with Crippen molar-refractivity contribution in [3.8, 4) is 11.6 Å². The monoisotopic (exact) mass is 577 g/mol. The van der Waals surface area contributed by atoms with Gasteiger partial charge in [0.1, 0.15) is 27.4 Å². The molecule has 41 heavy (non-hydrogen) atoms. The number of aliphatic imine (C=N–C) groups is 1. The molecule has 214 valence electrons. The number of pyridine rings is 1. The molecule has 1 aromatic carbocycles. The van der Waals surface area contributed by atoms with E-state index in [0.717, 1.165) is 5.69 Å². The van der Waals surface area contributed by atoms with E-state index in [1.807, 2.05) is 39.0 Å². The summed E-state index contributed by atoms with van der Waals surface area (Å²) in [5, 5.41) is 6.34. The van der Waals surface area contributed by atoms with E-state index in [1.54, 1.807) is 32.2 Å². The van der Waals surface area contributed by atoms with Crippen molar-refractivity contribution in [2.24, 2.45) is 10.7 Å². The standard InChI is InChI=1S/C28H31N7O5S/c1-15-10-18(40-35-15)14-38-23-13-31-24-20(33-23)8-9-30-25(24)32-17-6-7-21-19(12-17)28(5)22(11-16(2)39-21)41(36,37)27(3,4)26(29)34-28/h6-10,12-13,16,22H,11,14H2,1-5H3,(H2,29,34)(H,30,32)/t16-,22+,28+/m0/s1. The lowest BCUT2D eigenvalue weighted by atomic mass is 9.85. The molecular formula is C28H31N7O5S. The van der Waals surface area contributed by atoms with E-state index in [9.17, 15) is 8.42 Å². The Hall–Kier alpha value is -4.26. The summed E-state index contributed by atoms with van der Waals surface area (Å²) in [4.78, 5) is 18.4. The van der Waals surface area contributed by atoms with Crippen LogP contribution in [0.25, 0.3) is 11.0 Å². The van der Waals surface area contributed by atoms with Crippen LogP contribution in [0.1, 0.15) is 51.1 Å². The molecule has 3 aromatic heterocycles. The van der Waals surface area contributed by atoms with Gasteiger partial charge < -0.3 is 25.0 Å². The lowest BCUT2D eigenvalue weighted by Crippen LogP contribution is -2.60. The third kappa shape index (κ3) is 4.44. The molecule has 0 radical (unpaired) electrons. The maximum atomic E-state index is 13.8. The molecule has 6 rings (SSSR count). The van der Waals surface area contributed by atoms with E-state index in [1.165, 1.54) is 6.20 Å². The van der Waals surface area contributed by atoms with Crippen molar-refractivity contribution in [1.82, 2.24) is 20.1 Å². The number of aryl methyl sites for hydroxylation is 1. The smallest absolute Gasteiger partial charge is 0.233 e. The summed E-state index contributed by atoms with van der Waals surface area (Å²) in [6.07, 6.45) is 3.09. The molecular weight excluding hydrogens is 546 g/mol. The van der Waals surface area contributed by atoms with Crippen molar-refractivity contribution in [3.05, 3.63) is 59.7 Å². The summed E-state index contributed by atoms with van der Waals surface area (Å²) < 4.78 is 43.4. The number of benzene rings is 1. The molecule has 0 bridgehead atoms. The van der Waals surface area contributed by atoms with Gasteiger partial charge in [0.2, 0.25) is 5.88 Å². The van der Waals surface area contributed by atoms with Crippen LogP contribution < -0.4 is 20.5 Å². The first-order valence-electron chi connectivity index (χ1n) is 13.2.